The predicted octanol–water partition coefficient (Wildman–Crippen LogP) is 1.71. The van der Waals surface area contributed by atoms with Crippen LogP contribution in [0.15, 0.2) is 0 Å². The molecular weight excluding hydrogens is 238 g/mol. The summed E-state index contributed by atoms with van der Waals surface area (Å²) >= 11 is 0. The summed E-state index contributed by atoms with van der Waals surface area (Å²) in [6.45, 7) is 12.5. The van der Waals surface area contributed by atoms with Crippen molar-refractivity contribution < 1.29 is 4.79 Å². The molecule has 0 bridgehead atoms. The maximum absolute atomic E-state index is 12.0. The van der Waals surface area contributed by atoms with Gasteiger partial charge in [0.15, 0.2) is 0 Å². The molecule has 1 aliphatic heterocycles. The molecule has 0 radical (unpaired) electrons. The molecule has 1 atom stereocenters. The highest BCUT2D eigenvalue weighted by atomic mass is 16.2. The van der Waals surface area contributed by atoms with E-state index >= 15 is 0 Å². The van der Waals surface area contributed by atoms with Crippen molar-refractivity contribution >= 4 is 5.91 Å². The number of carbonyl (C=O) groups excluding carboxylic acids is 1. The van der Waals surface area contributed by atoms with Crippen LogP contribution in [0.4, 0.5) is 0 Å². The Morgan fingerprint density at radius 1 is 1.21 bits per heavy atom. The smallest absolute Gasteiger partial charge is 0.222 e. The molecule has 0 saturated carbocycles. The second kappa shape index (κ2) is 9.32. The average molecular weight is 269 g/mol. The third-order valence-corrected chi connectivity index (χ3v) is 4.01. The molecule has 4 heteroatoms. The number of nitrogens with one attached hydrogen (secondary N) is 1. The molecule has 112 valence electrons. The van der Waals surface area contributed by atoms with Crippen molar-refractivity contribution in [3.8, 4) is 0 Å². The van der Waals surface area contributed by atoms with Crippen molar-refractivity contribution in [3.63, 3.8) is 0 Å². The summed E-state index contributed by atoms with van der Waals surface area (Å²) in [4.78, 5) is 16.5. The molecule has 0 aromatic heterocycles. The van der Waals surface area contributed by atoms with Gasteiger partial charge in [0.2, 0.25) is 5.91 Å². The SMILES string of the molecule is CCCN(CCCC(=O)N(CC)CC)C1CCNC1. The van der Waals surface area contributed by atoms with Gasteiger partial charge in [0.1, 0.15) is 0 Å². The fraction of sp³-hybridized carbons (Fsp3) is 0.933. The first-order chi connectivity index (χ1) is 9.22. The lowest BCUT2D eigenvalue weighted by atomic mass is 10.1. The van der Waals surface area contributed by atoms with Crippen molar-refractivity contribution in [3.05, 3.63) is 0 Å². The van der Waals surface area contributed by atoms with Crippen molar-refractivity contribution in [2.24, 2.45) is 0 Å². The fourth-order valence-electron chi connectivity index (χ4n) is 2.88. The van der Waals surface area contributed by atoms with Gasteiger partial charge < -0.3 is 10.2 Å². The second-order valence-corrected chi connectivity index (χ2v) is 5.35. The normalized spacial score (nSPS) is 19.1. The summed E-state index contributed by atoms with van der Waals surface area (Å²) in [5.41, 5.74) is 0. The van der Waals surface area contributed by atoms with E-state index in [9.17, 15) is 4.79 Å². The van der Waals surface area contributed by atoms with Crippen LogP contribution < -0.4 is 5.32 Å². The van der Waals surface area contributed by atoms with Gasteiger partial charge in [0.25, 0.3) is 0 Å². The first kappa shape index (κ1) is 16.4. The molecule has 1 saturated heterocycles. The molecular formula is C15H31N3O. The Kier molecular flexibility index (Phi) is 8.07. The number of hydrogen-bond donors (Lipinski definition) is 1. The maximum Gasteiger partial charge on any atom is 0.222 e. The first-order valence-corrected chi connectivity index (χ1v) is 7.95. The lowest BCUT2D eigenvalue weighted by Crippen LogP contribution is -2.38. The summed E-state index contributed by atoms with van der Waals surface area (Å²) in [6, 6.07) is 0.684. The number of amides is 1. The first-order valence-electron chi connectivity index (χ1n) is 7.95. The van der Waals surface area contributed by atoms with Crippen molar-refractivity contribution in [2.75, 3.05) is 39.3 Å². The molecule has 0 aliphatic carbocycles. The Balaban J connectivity index is 2.29. The molecule has 0 aromatic carbocycles. The summed E-state index contributed by atoms with van der Waals surface area (Å²) in [5.74, 6) is 0.311. The van der Waals surface area contributed by atoms with E-state index in [0.29, 0.717) is 18.4 Å². The summed E-state index contributed by atoms with van der Waals surface area (Å²) < 4.78 is 0. The minimum atomic E-state index is 0.311. The number of nitrogens with zero attached hydrogens (tertiary/aromatic N) is 2. The Bertz CT molecular complexity index is 248. The van der Waals surface area contributed by atoms with Gasteiger partial charge in [0, 0.05) is 32.1 Å². The molecule has 1 rings (SSSR count). The molecule has 1 N–H and O–H groups in total. The molecule has 19 heavy (non-hydrogen) atoms. The van der Waals surface area contributed by atoms with Crippen LogP contribution >= 0.6 is 0 Å². The zero-order valence-corrected chi connectivity index (χ0v) is 13.0. The van der Waals surface area contributed by atoms with Crippen molar-refractivity contribution in [1.82, 2.24) is 15.1 Å². The number of hydrogen-bond acceptors (Lipinski definition) is 3. The van der Waals surface area contributed by atoms with Gasteiger partial charge in [-0.1, -0.05) is 6.92 Å². The fourth-order valence-corrected chi connectivity index (χ4v) is 2.88. The minimum Gasteiger partial charge on any atom is -0.343 e. The molecule has 1 heterocycles. The molecule has 0 spiro atoms. The number of rotatable bonds is 9. The van der Waals surface area contributed by atoms with E-state index < -0.39 is 0 Å². The van der Waals surface area contributed by atoms with Crippen LogP contribution in [0.2, 0.25) is 0 Å². The van der Waals surface area contributed by atoms with E-state index in [2.05, 4.69) is 31.0 Å². The van der Waals surface area contributed by atoms with E-state index in [1.54, 1.807) is 0 Å². The summed E-state index contributed by atoms with van der Waals surface area (Å²) in [5, 5.41) is 3.43. The zero-order chi connectivity index (χ0) is 14.1. The van der Waals surface area contributed by atoms with Gasteiger partial charge in [-0.05, 0) is 52.7 Å². The van der Waals surface area contributed by atoms with Gasteiger partial charge in [0.05, 0.1) is 0 Å². The molecule has 1 aliphatic rings. The van der Waals surface area contributed by atoms with Gasteiger partial charge in [-0.25, -0.2) is 0 Å². The molecule has 0 aromatic rings. The Labute approximate surface area is 118 Å². The lowest BCUT2D eigenvalue weighted by Gasteiger charge is -2.28. The van der Waals surface area contributed by atoms with Crippen LogP contribution in [-0.4, -0.2) is 61.0 Å². The monoisotopic (exact) mass is 269 g/mol. The van der Waals surface area contributed by atoms with Crippen LogP contribution in [0.25, 0.3) is 0 Å². The standard InChI is InChI=1S/C15H31N3O/c1-4-11-18(14-9-10-16-13-14)12-7-8-15(19)17(5-2)6-3/h14,16H,4-13H2,1-3H3. The maximum atomic E-state index is 12.0. The summed E-state index contributed by atoms with van der Waals surface area (Å²) in [7, 11) is 0. The highest BCUT2D eigenvalue weighted by molar-refractivity contribution is 5.76. The highest BCUT2D eigenvalue weighted by Gasteiger charge is 2.21. The minimum absolute atomic E-state index is 0.311. The average Bonchev–Trinajstić information content (AvgIpc) is 2.93. The molecule has 4 nitrogen and oxygen atoms in total. The van der Waals surface area contributed by atoms with E-state index in [-0.39, 0.29) is 0 Å². The molecule has 1 amide bonds. The lowest BCUT2D eigenvalue weighted by molar-refractivity contribution is -0.131. The van der Waals surface area contributed by atoms with Crippen molar-refractivity contribution in [1.29, 1.82) is 0 Å². The zero-order valence-electron chi connectivity index (χ0n) is 13.0. The van der Waals surface area contributed by atoms with Crippen molar-refractivity contribution in [2.45, 2.75) is 52.5 Å². The van der Waals surface area contributed by atoms with Gasteiger partial charge in [-0.15, -0.1) is 0 Å². The molecule has 1 fully saturated rings. The Morgan fingerprint density at radius 2 is 1.95 bits per heavy atom. The van der Waals surface area contributed by atoms with Crippen LogP contribution in [0.3, 0.4) is 0 Å². The van der Waals surface area contributed by atoms with Crippen LogP contribution in [0, 0.1) is 0 Å². The Morgan fingerprint density at radius 3 is 2.47 bits per heavy atom. The quantitative estimate of drug-likeness (QED) is 0.692. The van der Waals surface area contributed by atoms with E-state index in [4.69, 9.17) is 0 Å². The third kappa shape index (κ3) is 5.49. The third-order valence-electron chi connectivity index (χ3n) is 4.01. The largest absolute Gasteiger partial charge is 0.343 e. The van der Waals surface area contributed by atoms with E-state index in [0.717, 1.165) is 45.7 Å². The van der Waals surface area contributed by atoms with Crippen LogP contribution in [-0.2, 0) is 4.79 Å². The van der Waals surface area contributed by atoms with Crippen LogP contribution in [0.5, 0.6) is 0 Å². The molecule has 1 unspecified atom stereocenters. The highest BCUT2D eigenvalue weighted by Crippen LogP contribution is 2.11. The predicted molar refractivity (Wildman–Crippen MR) is 80.3 cm³/mol. The second-order valence-electron chi connectivity index (χ2n) is 5.35. The van der Waals surface area contributed by atoms with Gasteiger partial charge in [-0.2, -0.15) is 0 Å². The van der Waals surface area contributed by atoms with E-state index in [1.807, 2.05) is 4.90 Å². The Hall–Kier alpha value is -0.610. The van der Waals surface area contributed by atoms with E-state index in [1.165, 1.54) is 12.8 Å². The van der Waals surface area contributed by atoms with Crippen LogP contribution in [0.1, 0.15) is 46.5 Å². The summed E-state index contributed by atoms with van der Waals surface area (Å²) in [6.07, 6.45) is 4.14. The topological polar surface area (TPSA) is 35.6 Å². The van der Waals surface area contributed by atoms with Gasteiger partial charge >= 0.3 is 0 Å². The number of carbonyl (C=O) groups is 1. The van der Waals surface area contributed by atoms with Gasteiger partial charge in [-0.3, -0.25) is 9.69 Å².